The molecule has 2 heterocycles. The number of nitrogens with one attached hydrogen (secondary N) is 2. The van der Waals surface area contributed by atoms with Crippen molar-refractivity contribution in [3.63, 3.8) is 0 Å². The highest BCUT2D eigenvalue weighted by atomic mass is 16.5. The average molecular weight is 503 g/mol. The summed E-state index contributed by atoms with van der Waals surface area (Å²) < 4.78 is 11.9. The van der Waals surface area contributed by atoms with E-state index in [0.29, 0.717) is 45.5 Å². The number of hydrogen-bond donors (Lipinski definition) is 2. The molecule has 186 valence electrons. The average Bonchev–Trinajstić information content (AvgIpc) is 2.96. The normalized spacial score (nSPS) is 10.3. The van der Waals surface area contributed by atoms with Crippen molar-refractivity contribution in [3.8, 4) is 23.0 Å². The molecule has 8 heteroatoms. The molecule has 0 aliphatic rings. The van der Waals surface area contributed by atoms with Gasteiger partial charge >= 0.3 is 0 Å². The number of nitrogens with zero attached hydrogens (tertiary/aromatic N) is 2. The van der Waals surface area contributed by atoms with Crippen LogP contribution in [0, 0.1) is 0 Å². The van der Waals surface area contributed by atoms with Crippen LogP contribution in [0.1, 0.15) is 20.7 Å². The van der Waals surface area contributed by atoms with Crippen molar-refractivity contribution < 1.29 is 19.1 Å². The molecule has 0 radical (unpaired) electrons. The quantitative estimate of drug-likeness (QED) is 0.249. The van der Waals surface area contributed by atoms with Gasteiger partial charge in [0, 0.05) is 42.2 Å². The fourth-order valence-electron chi connectivity index (χ4n) is 3.49. The van der Waals surface area contributed by atoms with Gasteiger partial charge in [-0.25, -0.2) is 0 Å². The Bertz CT molecular complexity index is 1410. The minimum absolute atomic E-state index is 0.236. The lowest BCUT2D eigenvalue weighted by molar-refractivity contribution is 0.101. The van der Waals surface area contributed by atoms with Gasteiger partial charge in [0.15, 0.2) is 0 Å². The van der Waals surface area contributed by atoms with E-state index in [4.69, 9.17) is 9.47 Å². The van der Waals surface area contributed by atoms with Gasteiger partial charge in [-0.3, -0.25) is 19.6 Å². The Morgan fingerprint density at radius 2 is 0.974 bits per heavy atom. The first kappa shape index (κ1) is 24.2. The number of carbonyl (C=O) groups excluding carboxylic acids is 2. The number of rotatable bonds is 8. The maximum atomic E-state index is 12.3. The lowest BCUT2D eigenvalue weighted by atomic mass is 10.2. The monoisotopic (exact) mass is 502 g/mol. The molecule has 5 aromatic rings. The zero-order valence-corrected chi connectivity index (χ0v) is 20.1. The number of carbonyl (C=O) groups is 2. The molecule has 0 unspecified atom stereocenters. The molecule has 0 saturated heterocycles. The molecule has 0 aliphatic heterocycles. The van der Waals surface area contributed by atoms with Crippen molar-refractivity contribution >= 4 is 23.2 Å². The third kappa shape index (κ3) is 6.38. The molecule has 2 aromatic heterocycles. The zero-order chi connectivity index (χ0) is 26.2. The summed E-state index contributed by atoms with van der Waals surface area (Å²) in [7, 11) is 0. The van der Waals surface area contributed by atoms with Crippen LogP contribution in [0.5, 0.6) is 23.0 Å². The number of benzene rings is 3. The predicted octanol–water partition coefficient (Wildman–Crippen LogP) is 6.57. The van der Waals surface area contributed by atoms with Crippen LogP contribution in [0.3, 0.4) is 0 Å². The second-order valence-corrected chi connectivity index (χ2v) is 8.12. The number of hydrogen-bond acceptors (Lipinski definition) is 6. The van der Waals surface area contributed by atoms with Crippen molar-refractivity contribution in [2.24, 2.45) is 0 Å². The molecule has 8 nitrogen and oxygen atoms in total. The minimum atomic E-state index is -0.236. The van der Waals surface area contributed by atoms with Gasteiger partial charge in [-0.1, -0.05) is 6.07 Å². The molecule has 3 aromatic carbocycles. The molecule has 0 atom stereocenters. The summed E-state index contributed by atoms with van der Waals surface area (Å²) in [5, 5.41) is 5.66. The summed E-state index contributed by atoms with van der Waals surface area (Å²) in [6.45, 7) is 0. The largest absolute Gasteiger partial charge is 0.457 e. The van der Waals surface area contributed by atoms with Crippen molar-refractivity contribution in [1.82, 2.24) is 9.97 Å². The Labute approximate surface area is 218 Å². The number of amides is 2. The first-order valence-corrected chi connectivity index (χ1v) is 11.7. The zero-order valence-electron chi connectivity index (χ0n) is 20.1. The Morgan fingerprint density at radius 3 is 1.37 bits per heavy atom. The van der Waals surface area contributed by atoms with E-state index < -0.39 is 0 Å². The number of anilines is 2. The second-order valence-electron chi connectivity index (χ2n) is 8.12. The maximum absolute atomic E-state index is 12.3. The van der Waals surface area contributed by atoms with E-state index in [2.05, 4.69) is 20.6 Å². The Kier molecular flexibility index (Phi) is 7.32. The molecule has 0 aliphatic carbocycles. The van der Waals surface area contributed by atoms with Crippen LogP contribution in [0.2, 0.25) is 0 Å². The van der Waals surface area contributed by atoms with Gasteiger partial charge in [0.1, 0.15) is 23.0 Å². The highest BCUT2D eigenvalue weighted by molar-refractivity contribution is 6.04. The molecule has 2 amide bonds. The minimum Gasteiger partial charge on any atom is -0.457 e. The standard InChI is InChI=1S/C30H22N4O4/c35-29(21-4-2-16-31-19-21)33-23-8-12-25(13-9-23)37-27-6-1-7-28(18-27)38-26-14-10-24(11-15-26)34-30(36)22-5-3-17-32-20-22/h1-20H,(H,33,35)(H,34,36). The van der Waals surface area contributed by atoms with Crippen LogP contribution in [-0.4, -0.2) is 21.8 Å². The second kappa shape index (κ2) is 11.5. The van der Waals surface area contributed by atoms with Crippen LogP contribution in [0.25, 0.3) is 0 Å². The summed E-state index contributed by atoms with van der Waals surface area (Å²) in [5.41, 5.74) is 2.24. The number of pyridine rings is 2. The summed E-state index contributed by atoms with van der Waals surface area (Å²) >= 11 is 0. The first-order valence-electron chi connectivity index (χ1n) is 11.7. The summed E-state index contributed by atoms with van der Waals surface area (Å²) in [5.74, 6) is 1.93. The van der Waals surface area contributed by atoms with Gasteiger partial charge in [-0.2, -0.15) is 0 Å². The Morgan fingerprint density at radius 1 is 0.526 bits per heavy atom. The summed E-state index contributed by atoms with van der Waals surface area (Å²) in [4.78, 5) is 32.5. The van der Waals surface area contributed by atoms with E-state index >= 15 is 0 Å². The van der Waals surface area contributed by atoms with E-state index in [1.807, 2.05) is 18.2 Å². The van der Waals surface area contributed by atoms with Crippen molar-refractivity contribution in [1.29, 1.82) is 0 Å². The molecule has 0 bridgehead atoms. The topological polar surface area (TPSA) is 102 Å². The molecular weight excluding hydrogens is 480 g/mol. The highest BCUT2D eigenvalue weighted by Gasteiger charge is 2.08. The molecule has 0 saturated carbocycles. The van der Waals surface area contributed by atoms with Gasteiger partial charge in [0.25, 0.3) is 11.8 Å². The first-order chi connectivity index (χ1) is 18.6. The van der Waals surface area contributed by atoms with Gasteiger partial charge < -0.3 is 20.1 Å². The fourth-order valence-corrected chi connectivity index (χ4v) is 3.49. The molecule has 38 heavy (non-hydrogen) atoms. The van der Waals surface area contributed by atoms with Crippen LogP contribution in [-0.2, 0) is 0 Å². The van der Waals surface area contributed by atoms with E-state index in [1.54, 1.807) is 91.3 Å². The Balaban J connectivity index is 1.17. The van der Waals surface area contributed by atoms with Crippen LogP contribution in [0.15, 0.2) is 122 Å². The van der Waals surface area contributed by atoms with Gasteiger partial charge in [-0.05, 0) is 84.9 Å². The van der Waals surface area contributed by atoms with E-state index in [0.717, 1.165) is 0 Å². The van der Waals surface area contributed by atoms with Crippen LogP contribution in [0.4, 0.5) is 11.4 Å². The lowest BCUT2D eigenvalue weighted by Gasteiger charge is -2.11. The lowest BCUT2D eigenvalue weighted by Crippen LogP contribution is -2.11. The van der Waals surface area contributed by atoms with E-state index in [1.165, 1.54) is 12.4 Å². The molecule has 0 fully saturated rings. The number of aromatic nitrogens is 2. The van der Waals surface area contributed by atoms with Crippen LogP contribution < -0.4 is 20.1 Å². The van der Waals surface area contributed by atoms with Gasteiger partial charge in [0.2, 0.25) is 0 Å². The summed E-state index contributed by atoms with van der Waals surface area (Å²) in [6, 6.07) is 28.2. The van der Waals surface area contributed by atoms with Crippen molar-refractivity contribution in [3.05, 3.63) is 133 Å². The van der Waals surface area contributed by atoms with Crippen molar-refractivity contribution in [2.45, 2.75) is 0 Å². The van der Waals surface area contributed by atoms with E-state index in [9.17, 15) is 9.59 Å². The fraction of sp³-hybridized carbons (Fsp3) is 0. The maximum Gasteiger partial charge on any atom is 0.257 e. The third-order valence-corrected chi connectivity index (χ3v) is 5.35. The summed E-state index contributed by atoms with van der Waals surface area (Å²) in [6.07, 6.45) is 6.26. The molecular formula is C30H22N4O4. The molecule has 2 N–H and O–H groups in total. The van der Waals surface area contributed by atoms with Gasteiger partial charge in [-0.15, -0.1) is 0 Å². The highest BCUT2D eigenvalue weighted by Crippen LogP contribution is 2.29. The van der Waals surface area contributed by atoms with E-state index in [-0.39, 0.29) is 11.8 Å². The SMILES string of the molecule is O=C(Nc1ccc(Oc2cccc(Oc3ccc(NC(=O)c4cccnc4)cc3)c2)cc1)c1cccnc1. The third-order valence-electron chi connectivity index (χ3n) is 5.35. The smallest absolute Gasteiger partial charge is 0.257 e. The number of ether oxygens (including phenoxy) is 2. The molecule has 5 rings (SSSR count). The predicted molar refractivity (Wildman–Crippen MR) is 144 cm³/mol. The van der Waals surface area contributed by atoms with Gasteiger partial charge in [0.05, 0.1) is 11.1 Å². The Hall–Kier alpha value is -5.50. The molecule has 0 spiro atoms. The van der Waals surface area contributed by atoms with Crippen molar-refractivity contribution in [2.75, 3.05) is 10.6 Å². The van der Waals surface area contributed by atoms with Crippen LogP contribution >= 0.6 is 0 Å².